The molecule has 0 saturated carbocycles. The average Bonchev–Trinajstić information content (AvgIpc) is 2.71. The van der Waals surface area contributed by atoms with Crippen molar-refractivity contribution in [2.45, 2.75) is 0 Å². The number of rotatable bonds is 5. The number of esters is 1. The molecular formula is C10H10ClNO4S2. The Labute approximate surface area is 117 Å². The second-order valence-electron chi connectivity index (χ2n) is 2.95. The van der Waals surface area contributed by atoms with Crippen LogP contribution in [0.1, 0.15) is 9.67 Å². The number of thiophene rings is 1. The van der Waals surface area contributed by atoms with Gasteiger partial charge in [0.05, 0.1) is 17.1 Å². The van der Waals surface area contributed by atoms with Crippen molar-refractivity contribution in [3.05, 3.63) is 26.4 Å². The number of hydrogen-bond donors (Lipinski definition) is 2. The van der Waals surface area contributed by atoms with Crippen LogP contribution in [0.25, 0.3) is 0 Å². The number of thioether (sulfide) groups is 1. The molecule has 0 aliphatic heterocycles. The second kappa shape index (κ2) is 6.67. The summed E-state index contributed by atoms with van der Waals surface area (Å²) >= 11 is 7.88. The third kappa shape index (κ3) is 3.66. The van der Waals surface area contributed by atoms with E-state index in [4.69, 9.17) is 16.7 Å². The van der Waals surface area contributed by atoms with Crippen LogP contribution in [0, 0.1) is 0 Å². The lowest BCUT2D eigenvalue weighted by atomic mass is 10.4. The summed E-state index contributed by atoms with van der Waals surface area (Å²) in [6, 6.07) is 1.49. The molecular weight excluding hydrogens is 298 g/mol. The first-order valence-electron chi connectivity index (χ1n) is 4.61. The summed E-state index contributed by atoms with van der Waals surface area (Å²) in [5, 5.41) is 11.7. The van der Waals surface area contributed by atoms with Crippen LogP contribution in [-0.4, -0.2) is 30.4 Å². The van der Waals surface area contributed by atoms with Gasteiger partial charge in [-0.25, -0.2) is 9.59 Å². The van der Waals surface area contributed by atoms with Gasteiger partial charge in [0.25, 0.3) is 0 Å². The van der Waals surface area contributed by atoms with E-state index >= 15 is 0 Å². The summed E-state index contributed by atoms with van der Waals surface area (Å²) in [5.74, 6) is -1.57. The number of methoxy groups -OCH3 is 1. The van der Waals surface area contributed by atoms with Gasteiger partial charge in [-0.15, -0.1) is 23.1 Å². The van der Waals surface area contributed by atoms with E-state index in [0.717, 1.165) is 11.3 Å². The third-order valence-corrected chi connectivity index (χ3v) is 3.84. The second-order valence-corrected chi connectivity index (χ2v) is 5.48. The zero-order valence-corrected chi connectivity index (χ0v) is 11.9. The Hall–Kier alpha value is -1.18. The molecule has 8 heteroatoms. The van der Waals surface area contributed by atoms with Gasteiger partial charge in [-0.2, -0.15) is 0 Å². The van der Waals surface area contributed by atoms with Crippen molar-refractivity contribution in [2.24, 2.45) is 0 Å². The molecule has 0 saturated heterocycles. The summed E-state index contributed by atoms with van der Waals surface area (Å²) in [5.41, 5.74) is 0.341. The Morgan fingerprint density at radius 2 is 2.28 bits per heavy atom. The highest BCUT2D eigenvalue weighted by atomic mass is 35.5. The molecule has 0 bridgehead atoms. The van der Waals surface area contributed by atoms with Crippen LogP contribution in [0.4, 0.5) is 5.69 Å². The smallest absolute Gasteiger partial charge is 0.348 e. The molecule has 18 heavy (non-hydrogen) atoms. The van der Waals surface area contributed by atoms with E-state index in [0.29, 0.717) is 14.9 Å². The number of nitrogens with one attached hydrogen (secondary N) is 1. The third-order valence-electron chi connectivity index (χ3n) is 1.86. The summed E-state index contributed by atoms with van der Waals surface area (Å²) in [6.45, 7) is 0. The van der Waals surface area contributed by atoms with Gasteiger partial charge in [0, 0.05) is 6.20 Å². The fraction of sp³-hybridized carbons (Fsp3) is 0.200. The Balaban J connectivity index is 2.94. The van der Waals surface area contributed by atoms with Crippen molar-refractivity contribution in [3.8, 4) is 0 Å². The number of halogens is 1. The summed E-state index contributed by atoms with van der Waals surface area (Å²) in [7, 11) is 1.27. The Kier molecular flexibility index (Phi) is 5.52. The molecule has 0 atom stereocenters. The molecule has 1 heterocycles. The molecule has 1 aromatic rings. The van der Waals surface area contributed by atoms with Gasteiger partial charge in [-0.1, -0.05) is 11.6 Å². The molecule has 1 aromatic heterocycles. The van der Waals surface area contributed by atoms with Crippen LogP contribution in [0.3, 0.4) is 0 Å². The summed E-state index contributed by atoms with van der Waals surface area (Å²) < 4.78 is 4.92. The molecule has 1 rings (SSSR count). The number of aromatic carboxylic acids is 1. The highest BCUT2D eigenvalue weighted by Gasteiger charge is 2.15. The van der Waals surface area contributed by atoms with E-state index < -0.39 is 11.9 Å². The molecule has 0 spiro atoms. The number of hydrogen-bond acceptors (Lipinski definition) is 6. The summed E-state index contributed by atoms with van der Waals surface area (Å²) in [6.07, 6.45) is 3.10. The van der Waals surface area contributed by atoms with Crippen molar-refractivity contribution >= 4 is 52.3 Å². The molecule has 0 radical (unpaired) electrons. The van der Waals surface area contributed by atoms with E-state index in [1.165, 1.54) is 31.1 Å². The fourth-order valence-electron chi connectivity index (χ4n) is 1.07. The molecule has 5 nitrogen and oxygen atoms in total. The molecule has 0 amide bonds. The molecule has 0 unspecified atom stereocenters. The van der Waals surface area contributed by atoms with Crippen molar-refractivity contribution in [3.63, 3.8) is 0 Å². The zero-order chi connectivity index (χ0) is 13.7. The molecule has 0 aliphatic carbocycles. The number of carbonyl (C=O) groups is 2. The van der Waals surface area contributed by atoms with Gasteiger partial charge in [0.15, 0.2) is 0 Å². The quantitative estimate of drug-likeness (QED) is 0.643. The summed E-state index contributed by atoms with van der Waals surface area (Å²) in [4.78, 5) is 22.6. The van der Waals surface area contributed by atoms with Gasteiger partial charge in [-0.3, -0.25) is 0 Å². The molecule has 2 N–H and O–H groups in total. The van der Waals surface area contributed by atoms with Gasteiger partial charge in [0.2, 0.25) is 0 Å². The van der Waals surface area contributed by atoms with Crippen molar-refractivity contribution in [1.29, 1.82) is 0 Å². The minimum absolute atomic E-state index is 0.0848. The minimum Gasteiger partial charge on any atom is -0.477 e. The van der Waals surface area contributed by atoms with Gasteiger partial charge >= 0.3 is 11.9 Å². The van der Waals surface area contributed by atoms with Gasteiger partial charge in [-0.05, 0) is 12.3 Å². The lowest BCUT2D eigenvalue weighted by Crippen LogP contribution is -2.04. The van der Waals surface area contributed by atoms with E-state index in [1.54, 1.807) is 6.26 Å². The van der Waals surface area contributed by atoms with Crippen molar-refractivity contribution < 1.29 is 19.4 Å². The van der Waals surface area contributed by atoms with E-state index in [2.05, 4.69) is 10.1 Å². The van der Waals surface area contributed by atoms with Crippen LogP contribution < -0.4 is 5.32 Å². The molecule has 98 valence electrons. The monoisotopic (exact) mass is 307 g/mol. The highest BCUT2D eigenvalue weighted by molar-refractivity contribution is 8.03. The lowest BCUT2D eigenvalue weighted by Gasteiger charge is -2.03. The normalized spacial score (nSPS) is 11.2. The minimum atomic E-state index is -1.08. The van der Waals surface area contributed by atoms with Crippen molar-refractivity contribution in [2.75, 3.05) is 18.7 Å². The number of anilines is 1. The first-order valence-corrected chi connectivity index (χ1v) is 7.03. The molecule has 0 fully saturated rings. The standard InChI is InChI=1S/C10H10ClNO4S2/c1-16-10(15)6(17-2)4-12-5-3-7(11)18-8(5)9(13)14/h3-4,12H,1-2H3,(H,13,14). The maximum Gasteiger partial charge on any atom is 0.348 e. The molecule has 0 aromatic carbocycles. The predicted molar refractivity (Wildman–Crippen MR) is 73.5 cm³/mol. The van der Waals surface area contributed by atoms with Crippen LogP contribution >= 0.6 is 34.7 Å². The number of ether oxygens (including phenoxy) is 1. The van der Waals surface area contributed by atoms with Crippen LogP contribution in [0.2, 0.25) is 4.34 Å². The SMILES string of the molecule is COC(=O)C(=CNc1cc(Cl)sc1C(=O)O)SC. The van der Waals surface area contributed by atoms with Gasteiger partial charge in [0.1, 0.15) is 9.78 Å². The van der Waals surface area contributed by atoms with Crippen LogP contribution in [0.15, 0.2) is 17.2 Å². The Bertz CT molecular complexity index is 498. The van der Waals surface area contributed by atoms with Crippen LogP contribution in [-0.2, 0) is 9.53 Å². The van der Waals surface area contributed by atoms with E-state index in [-0.39, 0.29) is 4.88 Å². The predicted octanol–water partition coefficient (Wildman–Crippen LogP) is 2.89. The largest absolute Gasteiger partial charge is 0.477 e. The lowest BCUT2D eigenvalue weighted by molar-refractivity contribution is -0.135. The number of carbonyl (C=O) groups excluding carboxylic acids is 1. The number of carboxylic acids is 1. The van der Waals surface area contributed by atoms with Crippen LogP contribution in [0.5, 0.6) is 0 Å². The first-order chi connectivity index (χ1) is 8.49. The average molecular weight is 308 g/mol. The Morgan fingerprint density at radius 3 is 2.78 bits per heavy atom. The van der Waals surface area contributed by atoms with Crippen molar-refractivity contribution in [1.82, 2.24) is 0 Å². The van der Waals surface area contributed by atoms with Gasteiger partial charge < -0.3 is 15.2 Å². The fourth-order valence-corrected chi connectivity index (χ4v) is 2.53. The molecule has 0 aliphatic rings. The maximum atomic E-state index is 11.3. The maximum absolute atomic E-state index is 11.3. The van der Waals surface area contributed by atoms with E-state index in [9.17, 15) is 9.59 Å². The zero-order valence-electron chi connectivity index (χ0n) is 9.52. The Morgan fingerprint density at radius 1 is 1.61 bits per heavy atom. The highest BCUT2D eigenvalue weighted by Crippen LogP contribution is 2.31. The topological polar surface area (TPSA) is 75.6 Å². The first kappa shape index (κ1) is 14.9. The van der Waals surface area contributed by atoms with E-state index in [1.807, 2.05) is 0 Å². The number of carboxylic acid groups (broad SMARTS) is 1.